The highest BCUT2D eigenvalue weighted by molar-refractivity contribution is 7.13. The summed E-state index contributed by atoms with van der Waals surface area (Å²) in [6.07, 6.45) is 4.70. The summed E-state index contributed by atoms with van der Waals surface area (Å²) in [6, 6.07) is 5.78. The summed E-state index contributed by atoms with van der Waals surface area (Å²) < 4.78 is 0. The zero-order valence-corrected chi connectivity index (χ0v) is 12.6. The number of carbonyl (C=O) groups excluding carboxylic acids is 1. The SMILES string of the molecule is O=C(CC1(O)CCCCC1)Nc1cc(-c2cccs2)[nH]n1. The van der Waals surface area contributed by atoms with Crippen LogP contribution in [0.1, 0.15) is 38.5 Å². The molecule has 1 fully saturated rings. The van der Waals surface area contributed by atoms with Crippen molar-refractivity contribution in [1.29, 1.82) is 0 Å². The number of aliphatic hydroxyl groups is 1. The number of anilines is 1. The highest BCUT2D eigenvalue weighted by Crippen LogP contribution is 2.31. The molecule has 2 aromatic rings. The number of nitrogens with one attached hydrogen (secondary N) is 2. The molecule has 0 radical (unpaired) electrons. The minimum atomic E-state index is -0.838. The van der Waals surface area contributed by atoms with Crippen molar-refractivity contribution in [2.45, 2.75) is 44.1 Å². The van der Waals surface area contributed by atoms with Gasteiger partial charge in [0.05, 0.1) is 22.6 Å². The molecule has 1 aliphatic carbocycles. The van der Waals surface area contributed by atoms with Gasteiger partial charge in [0, 0.05) is 6.07 Å². The van der Waals surface area contributed by atoms with E-state index in [1.54, 1.807) is 11.3 Å². The average molecular weight is 305 g/mol. The number of amides is 1. The fraction of sp³-hybridized carbons (Fsp3) is 0.467. The van der Waals surface area contributed by atoms with Gasteiger partial charge in [0.2, 0.25) is 5.91 Å². The number of rotatable bonds is 4. The average Bonchev–Trinajstić information content (AvgIpc) is 3.08. The van der Waals surface area contributed by atoms with Crippen molar-refractivity contribution < 1.29 is 9.90 Å². The lowest BCUT2D eigenvalue weighted by Gasteiger charge is -2.31. The first-order valence-corrected chi connectivity index (χ1v) is 8.14. The molecule has 1 saturated carbocycles. The molecule has 0 bridgehead atoms. The third-order valence-electron chi connectivity index (χ3n) is 3.91. The second kappa shape index (κ2) is 5.99. The Morgan fingerprint density at radius 1 is 1.43 bits per heavy atom. The van der Waals surface area contributed by atoms with Gasteiger partial charge in [-0.05, 0) is 24.3 Å². The van der Waals surface area contributed by atoms with E-state index in [0.29, 0.717) is 18.7 Å². The summed E-state index contributed by atoms with van der Waals surface area (Å²) in [5, 5.41) is 22.1. The molecule has 0 saturated heterocycles. The van der Waals surface area contributed by atoms with Crippen LogP contribution in [0.3, 0.4) is 0 Å². The molecule has 3 N–H and O–H groups in total. The molecule has 112 valence electrons. The smallest absolute Gasteiger partial charge is 0.228 e. The lowest BCUT2D eigenvalue weighted by molar-refractivity contribution is -0.122. The Balaban J connectivity index is 1.60. The van der Waals surface area contributed by atoms with E-state index in [1.807, 2.05) is 23.6 Å². The van der Waals surface area contributed by atoms with Crippen LogP contribution >= 0.6 is 11.3 Å². The van der Waals surface area contributed by atoms with E-state index in [9.17, 15) is 9.90 Å². The van der Waals surface area contributed by atoms with Crippen LogP contribution in [-0.4, -0.2) is 26.8 Å². The van der Waals surface area contributed by atoms with Gasteiger partial charge in [0.15, 0.2) is 5.82 Å². The Hall–Kier alpha value is -1.66. The van der Waals surface area contributed by atoms with Crippen molar-refractivity contribution in [3.05, 3.63) is 23.6 Å². The van der Waals surface area contributed by atoms with E-state index in [0.717, 1.165) is 29.8 Å². The largest absolute Gasteiger partial charge is 0.389 e. The molecule has 0 aromatic carbocycles. The van der Waals surface area contributed by atoms with E-state index in [1.165, 1.54) is 0 Å². The molecule has 1 aliphatic rings. The molecule has 6 heteroatoms. The van der Waals surface area contributed by atoms with Crippen molar-refractivity contribution >= 4 is 23.1 Å². The summed E-state index contributed by atoms with van der Waals surface area (Å²) in [6.45, 7) is 0. The van der Waals surface area contributed by atoms with Gasteiger partial charge in [-0.25, -0.2) is 0 Å². The fourth-order valence-electron chi connectivity index (χ4n) is 2.82. The van der Waals surface area contributed by atoms with Crippen molar-refractivity contribution in [2.75, 3.05) is 5.32 Å². The second-order valence-corrected chi connectivity index (χ2v) is 6.60. The second-order valence-electron chi connectivity index (χ2n) is 5.65. The Morgan fingerprint density at radius 3 is 2.95 bits per heavy atom. The van der Waals surface area contributed by atoms with E-state index < -0.39 is 5.60 Å². The maximum absolute atomic E-state index is 12.1. The first kappa shape index (κ1) is 14.3. The number of aromatic amines is 1. The maximum atomic E-state index is 12.1. The van der Waals surface area contributed by atoms with Crippen molar-refractivity contribution in [1.82, 2.24) is 10.2 Å². The summed E-state index contributed by atoms with van der Waals surface area (Å²) in [7, 11) is 0. The Bertz CT molecular complexity index is 600. The molecular formula is C15H19N3O2S. The molecular weight excluding hydrogens is 286 g/mol. The monoisotopic (exact) mass is 305 g/mol. The standard InChI is InChI=1S/C15H19N3O2S/c19-14(10-15(20)6-2-1-3-7-15)16-13-9-11(17-18-13)12-5-4-8-21-12/h4-5,8-9,20H,1-3,6-7,10H2,(H2,16,17,18,19). The number of thiophene rings is 1. The number of aromatic nitrogens is 2. The first-order chi connectivity index (χ1) is 10.1. The lowest BCUT2D eigenvalue weighted by Crippen LogP contribution is -2.35. The molecule has 0 atom stereocenters. The van der Waals surface area contributed by atoms with Crippen LogP contribution in [0.4, 0.5) is 5.82 Å². The van der Waals surface area contributed by atoms with Gasteiger partial charge in [0.25, 0.3) is 0 Å². The number of carbonyl (C=O) groups is 1. The Morgan fingerprint density at radius 2 is 2.24 bits per heavy atom. The summed E-state index contributed by atoms with van der Waals surface area (Å²) in [5.41, 5.74) is 0.0477. The van der Waals surface area contributed by atoms with Gasteiger partial charge in [-0.2, -0.15) is 5.10 Å². The molecule has 0 spiro atoms. The van der Waals surface area contributed by atoms with Gasteiger partial charge in [0.1, 0.15) is 0 Å². The molecule has 0 aliphatic heterocycles. The van der Waals surface area contributed by atoms with E-state index in [-0.39, 0.29) is 12.3 Å². The fourth-order valence-corrected chi connectivity index (χ4v) is 3.51. The summed E-state index contributed by atoms with van der Waals surface area (Å²) in [4.78, 5) is 13.1. The summed E-state index contributed by atoms with van der Waals surface area (Å²) >= 11 is 1.61. The highest BCUT2D eigenvalue weighted by Gasteiger charge is 2.31. The third kappa shape index (κ3) is 3.51. The molecule has 0 unspecified atom stereocenters. The molecule has 5 nitrogen and oxygen atoms in total. The van der Waals surface area contributed by atoms with Crippen LogP contribution in [0, 0.1) is 0 Å². The first-order valence-electron chi connectivity index (χ1n) is 7.26. The third-order valence-corrected chi connectivity index (χ3v) is 4.81. The number of hydrogen-bond donors (Lipinski definition) is 3. The lowest BCUT2D eigenvalue weighted by atomic mass is 9.82. The van der Waals surface area contributed by atoms with Crippen LogP contribution in [0.25, 0.3) is 10.6 Å². The predicted molar refractivity (Wildman–Crippen MR) is 83.2 cm³/mol. The zero-order chi connectivity index (χ0) is 14.7. The van der Waals surface area contributed by atoms with Crippen molar-refractivity contribution in [3.8, 4) is 10.6 Å². The van der Waals surface area contributed by atoms with Crippen molar-refractivity contribution in [3.63, 3.8) is 0 Å². The van der Waals surface area contributed by atoms with Crippen molar-refractivity contribution in [2.24, 2.45) is 0 Å². The number of nitrogens with zero attached hydrogens (tertiary/aromatic N) is 1. The molecule has 2 aromatic heterocycles. The van der Waals surface area contributed by atoms with E-state index in [4.69, 9.17) is 0 Å². The number of H-pyrrole nitrogens is 1. The molecule has 2 heterocycles. The molecule has 21 heavy (non-hydrogen) atoms. The van der Waals surface area contributed by atoms with Crippen LogP contribution < -0.4 is 5.32 Å². The van der Waals surface area contributed by atoms with Gasteiger partial charge < -0.3 is 10.4 Å². The number of hydrogen-bond acceptors (Lipinski definition) is 4. The van der Waals surface area contributed by atoms with E-state index in [2.05, 4.69) is 15.5 Å². The van der Waals surface area contributed by atoms with Gasteiger partial charge >= 0.3 is 0 Å². The summed E-state index contributed by atoms with van der Waals surface area (Å²) in [5.74, 6) is 0.325. The van der Waals surface area contributed by atoms with Gasteiger partial charge in [-0.15, -0.1) is 11.3 Å². The quantitative estimate of drug-likeness (QED) is 0.812. The van der Waals surface area contributed by atoms with Gasteiger partial charge in [-0.1, -0.05) is 25.3 Å². The maximum Gasteiger partial charge on any atom is 0.228 e. The minimum absolute atomic E-state index is 0.147. The van der Waals surface area contributed by atoms with Crippen LogP contribution in [-0.2, 0) is 4.79 Å². The van der Waals surface area contributed by atoms with Crippen LogP contribution in [0.15, 0.2) is 23.6 Å². The molecule has 1 amide bonds. The Kier molecular flexibility index (Phi) is 4.07. The minimum Gasteiger partial charge on any atom is -0.389 e. The van der Waals surface area contributed by atoms with E-state index >= 15 is 0 Å². The van der Waals surface area contributed by atoms with Crippen LogP contribution in [0.2, 0.25) is 0 Å². The predicted octanol–water partition coefficient (Wildman–Crippen LogP) is 3.16. The van der Waals surface area contributed by atoms with Crippen LogP contribution in [0.5, 0.6) is 0 Å². The van der Waals surface area contributed by atoms with Gasteiger partial charge in [-0.3, -0.25) is 9.89 Å². The Labute approximate surface area is 127 Å². The zero-order valence-electron chi connectivity index (χ0n) is 11.8. The molecule has 3 rings (SSSR count). The topological polar surface area (TPSA) is 78.0 Å². The highest BCUT2D eigenvalue weighted by atomic mass is 32.1. The normalized spacial score (nSPS) is 17.6.